The summed E-state index contributed by atoms with van der Waals surface area (Å²) in [5.41, 5.74) is 1.24. The fourth-order valence-electron chi connectivity index (χ4n) is 6.18. The van der Waals surface area contributed by atoms with E-state index in [4.69, 9.17) is 35.3 Å². The van der Waals surface area contributed by atoms with Gasteiger partial charge < -0.3 is 70.1 Å². The number of nitrogens with zero attached hydrogens (tertiary/aromatic N) is 1. The number of benzene rings is 2. The lowest BCUT2D eigenvalue weighted by Gasteiger charge is -2.46. The zero-order valence-electron chi connectivity index (χ0n) is 27.8. The normalized spacial score (nSPS) is 33.1. The summed E-state index contributed by atoms with van der Waals surface area (Å²) < 4.78 is 41.6. The molecular weight excluding hydrogens is 701 g/mol. The molecule has 0 spiro atoms. The average Bonchev–Trinajstić information content (AvgIpc) is 3.12. The van der Waals surface area contributed by atoms with Crippen molar-refractivity contribution < 1.29 is 68.6 Å². The number of carbonyl (C=O) groups is 1. The molecule has 18 heteroatoms. The lowest BCUT2D eigenvalue weighted by Crippen LogP contribution is -2.65. The molecule has 3 fully saturated rings. The molecule has 2 aromatic carbocycles. The van der Waals surface area contributed by atoms with Gasteiger partial charge in [-0.15, -0.1) is 0 Å². The Morgan fingerprint density at radius 1 is 0.980 bits per heavy atom. The minimum Gasteiger partial charge on any atom is -0.493 e. The smallest absolute Gasteiger partial charge is 0.255 e. The highest BCUT2D eigenvalue weighted by Crippen LogP contribution is 2.35. The second-order valence-electron chi connectivity index (χ2n) is 12.5. The lowest BCUT2D eigenvalue weighted by atomic mass is 9.96. The van der Waals surface area contributed by atoms with Gasteiger partial charge in [-0.25, -0.2) is 4.39 Å². The first-order valence-corrected chi connectivity index (χ1v) is 17.0. The van der Waals surface area contributed by atoms with Crippen LogP contribution in [0.3, 0.4) is 0 Å². The number of aliphatic hydroxyl groups excluding tert-OH is 7. The third-order valence-corrected chi connectivity index (χ3v) is 9.26. The molecule has 284 valence electrons. The fraction of sp³-hybridized carbons (Fsp3) is 0.606. The highest BCUT2D eigenvalue weighted by molar-refractivity contribution is 6.33. The third-order valence-electron chi connectivity index (χ3n) is 8.95. The Labute approximate surface area is 298 Å². The van der Waals surface area contributed by atoms with Crippen molar-refractivity contribution in [2.24, 2.45) is 0 Å². The van der Waals surface area contributed by atoms with Gasteiger partial charge in [0.2, 0.25) is 0 Å². The predicted molar refractivity (Wildman–Crippen MR) is 176 cm³/mol. The number of morpholine rings is 1. The Bertz CT molecular complexity index is 1440. The van der Waals surface area contributed by atoms with Gasteiger partial charge >= 0.3 is 0 Å². The van der Waals surface area contributed by atoms with Gasteiger partial charge in [0.1, 0.15) is 60.4 Å². The van der Waals surface area contributed by atoms with Crippen LogP contribution in [0.4, 0.5) is 10.1 Å². The summed E-state index contributed by atoms with van der Waals surface area (Å²) in [6, 6.07) is 9.08. The molecule has 2 aromatic rings. The number of halogens is 2. The van der Waals surface area contributed by atoms with Crippen molar-refractivity contribution in [1.29, 1.82) is 0 Å². The number of amides is 1. The lowest BCUT2D eigenvalue weighted by molar-refractivity contribution is -0.340. The van der Waals surface area contributed by atoms with Crippen LogP contribution in [0.25, 0.3) is 0 Å². The summed E-state index contributed by atoms with van der Waals surface area (Å²) in [4.78, 5) is 15.5. The Morgan fingerprint density at radius 2 is 1.71 bits per heavy atom. The zero-order chi connectivity index (χ0) is 36.8. The topological polar surface area (TPSA) is 232 Å². The van der Waals surface area contributed by atoms with Gasteiger partial charge in [-0.1, -0.05) is 23.7 Å². The van der Waals surface area contributed by atoms with Crippen LogP contribution >= 0.6 is 11.6 Å². The molecule has 5 rings (SSSR count). The quantitative estimate of drug-likeness (QED) is 0.114. The van der Waals surface area contributed by atoms with E-state index in [1.165, 1.54) is 24.3 Å². The van der Waals surface area contributed by atoms with Crippen LogP contribution in [-0.2, 0) is 25.5 Å². The van der Waals surface area contributed by atoms with Gasteiger partial charge in [-0.05, 0) is 30.7 Å². The van der Waals surface area contributed by atoms with E-state index in [1.54, 1.807) is 19.1 Å². The van der Waals surface area contributed by atoms with Crippen LogP contribution in [0.5, 0.6) is 5.75 Å². The van der Waals surface area contributed by atoms with Crippen LogP contribution in [0.1, 0.15) is 22.8 Å². The molecule has 16 nitrogen and oxygen atoms in total. The van der Waals surface area contributed by atoms with Crippen molar-refractivity contribution in [2.45, 2.75) is 80.9 Å². The van der Waals surface area contributed by atoms with Crippen molar-refractivity contribution >= 4 is 23.2 Å². The Kier molecular flexibility index (Phi) is 13.8. The standard InChI is InChI=1S/C33H45ClFN3O13/c1-2-47-22-10-21(20(34)9-19(22)31(46)36-11-18-13-38(7-8-48-18)12-16-3-5-17(35)6-4-16)37-32-28(44)27(43)30(24(15-40)49-32)51-33-29(45)26(42)25(41)23(14-39)50-33/h3-6,9-10,18,23-30,32-33,37,39-45H,2,7-8,11-15H2,1H3,(H,36,46)/t18?,23-,24-,25+,26+,27-,28-,29-,30-,32-,33+/m1/s1. The summed E-state index contributed by atoms with van der Waals surface area (Å²) in [5.74, 6) is -0.635. The van der Waals surface area contributed by atoms with E-state index < -0.39 is 80.5 Å². The average molecular weight is 746 g/mol. The Balaban J connectivity index is 1.22. The molecule has 0 bridgehead atoms. The van der Waals surface area contributed by atoms with Crippen LogP contribution in [0.15, 0.2) is 36.4 Å². The van der Waals surface area contributed by atoms with Gasteiger partial charge in [0.15, 0.2) is 12.5 Å². The van der Waals surface area contributed by atoms with E-state index in [-0.39, 0.29) is 47.1 Å². The molecule has 3 aliphatic rings. The predicted octanol–water partition coefficient (Wildman–Crippen LogP) is -1.46. The molecule has 1 amide bonds. The highest BCUT2D eigenvalue weighted by Gasteiger charge is 2.50. The van der Waals surface area contributed by atoms with Crippen LogP contribution in [0.2, 0.25) is 5.02 Å². The van der Waals surface area contributed by atoms with E-state index >= 15 is 0 Å². The van der Waals surface area contributed by atoms with Gasteiger partial charge in [0, 0.05) is 32.2 Å². The largest absolute Gasteiger partial charge is 0.493 e. The zero-order valence-corrected chi connectivity index (χ0v) is 28.5. The fourth-order valence-corrected chi connectivity index (χ4v) is 6.39. The number of carbonyl (C=O) groups excluding carboxylic acids is 1. The Hall–Kier alpha value is -2.75. The molecule has 3 saturated heterocycles. The molecule has 51 heavy (non-hydrogen) atoms. The maximum Gasteiger partial charge on any atom is 0.255 e. The number of hydrogen-bond acceptors (Lipinski definition) is 15. The Morgan fingerprint density at radius 3 is 2.39 bits per heavy atom. The monoisotopic (exact) mass is 745 g/mol. The van der Waals surface area contributed by atoms with Gasteiger partial charge in [-0.2, -0.15) is 0 Å². The maximum absolute atomic E-state index is 13.3. The van der Waals surface area contributed by atoms with Gasteiger partial charge in [-0.3, -0.25) is 9.69 Å². The SMILES string of the molecule is CCOc1cc(N[C@@H]2O[C@H](CO)[C@@H](O[C@@H]3O[C@H](CO)[C@H](O)[C@H](O)[C@H]3O)[C@H](O)[C@H]2O)c(Cl)cc1C(=O)NCC1CN(Cc2ccc(F)cc2)CCO1. The van der Waals surface area contributed by atoms with E-state index in [2.05, 4.69) is 15.5 Å². The third kappa shape index (κ3) is 9.44. The molecule has 3 heterocycles. The highest BCUT2D eigenvalue weighted by atomic mass is 35.5. The number of rotatable bonds is 13. The second-order valence-corrected chi connectivity index (χ2v) is 12.9. The van der Waals surface area contributed by atoms with Crippen molar-refractivity contribution in [3.63, 3.8) is 0 Å². The molecule has 9 N–H and O–H groups in total. The van der Waals surface area contributed by atoms with Crippen molar-refractivity contribution in [1.82, 2.24) is 10.2 Å². The molecule has 0 aromatic heterocycles. The van der Waals surface area contributed by atoms with E-state index in [9.17, 15) is 44.9 Å². The summed E-state index contributed by atoms with van der Waals surface area (Å²) in [7, 11) is 0. The van der Waals surface area contributed by atoms with E-state index in [0.717, 1.165) is 5.56 Å². The van der Waals surface area contributed by atoms with Crippen molar-refractivity contribution in [3.8, 4) is 5.75 Å². The molecular formula is C33H45ClFN3O13. The van der Waals surface area contributed by atoms with Crippen LogP contribution in [0, 0.1) is 5.82 Å². The minimum atomic E-state index is -1.80. The summed E-state index contributed by atoms with van der Waals surface area (Å²) in [5, 5.41) is 77.8. The van der Waals surface area contributed by atoms with Crippen molar-refractivity contribution in [3.05, 3.63) is 58.4 Å². The minimum absolute atomic E-state index is 0.0357. The number of nitrogens with one attached hydrogen (secondary N) is 2. The number of aliphatic hydroxyl groups is 7. The number of hydrogen-bond donors (Lipinski definition) is 9. The molecule has 0 saturated carbocycles. The first-order chi connectivity index (χ1) is 24.4. The van der Waals surface area contributed by atoms with Gasteiger partial charge in [0.05, 0.1) is 48.8 Å². The molecule has 0 aliphatic carbocycles. The number of ether oxygens (including phenoxy) is 5. The van der Waals surface area contributed by atoms with Crippen LogP contribution in [-0.4, -0.2) is 160 Å². The molecule has 11 atom stereocenters. The number of anilines is 1. The van der Waals surface area contributed by atoms with Crippen molar-refractivity contribution in [2.75, 3.05) is 51.4 Å². The first-order valence-electron chi connectivity index (χ1n) is 16.6. The molecule has 0 radical (unpaired) electrons. The summed E-state index contributed by atoms with van der Waals surface area (Å²) in [6.07, 6.45) is -16.1. The van der Waals surface area contributed by atoms with E-state index in [0.29, 0.717) is 26.2 Å². The second kappa shape index (κ2) is 17.8. The maximum atomic E-state index is 13.3. The van der Waals surface area contributed by atoms with Gasteiger partial charge in [0.25, 0.3) is 5.91 Å². The van der Waals surface area contributed by atoms with E-state index in [1.807, 2.05) is 0 Å². The summed E-state index contributed by atoms with van der Waals surface area (Å²) in [6.45, 7) is 2.95. The summed E-state index contributed by atoms with van der Waals surface area (Å²) >= 11 is 6.56. The molecule has 1 unspecified atom stereocenters. The first kappa shape index (κ1) is 39.5. The van der Waals surface area contributed by atoms with Crippen LogP contribution < -0.4 is 15.4 Å². The molecule has 3 aliphatic heterocycles.